The number of esters is 2. The van der Waals surface area contributed by atoms with Gasteiger partial charge in [-0.2, -0.15) is 0 Å². The maximum Gasteiger partial charge on any atom is 0.328 e. The number of rotatable bonds is 15. The van der Waals surface area contributed by atoms with Gasteiger partial charge in [0.1, 0.15) is 18.1 Å². The van der Waals surface area contributed by atoms with Gasteiger partial charge in [-0.25, -0.2) is 4.79 Å². The van der Waals surface area contributed by atoms with E-state index in [1.165, 1.54) is 0 Å². The van der Waals surface area contributed by atoms with Crippen molar-refractivity contribution in [2.24, 2.45) is 23.3 Å². The number of amides is 1. The number of unbranched alkanes of at least 4 members (excludes halogenated alkanes) is 1. The van der Waals surface area contributed by atoms with Crippen molar-refractivity contribution in [1.82, 2.24) is 5.32 Å². The minimum Gasteiger partial charge on any atom is -0.465 e. The molecular weight excluding hydrogens is 426 g/mol. The monoisotopic (exact) mass is 465 g/mol. The third-order valence-electron chi connectivity index (χ3n) is 4.98. The summed E-state index contributed by atoms with van der Waals surface area (Å²) >= 11 is 0. The standard InChI is InChI=1S/C24H39N3O6/c1-16(2)20(26)23(29)32-12-8-9-13-33-24(30)21(17(3)4)27-22(28)19(25)15-31-14-18-10-6-5-7-11-18/h5-7,10-11,16-17,19-21H,8-9,12-15,25-26H2,1-4H3,(H,27,28). The molecule has 0 spiro atoms. The molecular formula is C24H39N3O6. The van der Waals surface area contributed by atoms with Crippen LogP contribution < -0.4 is 16.8 Å². The van der Waals surface area contributed by atoms with Crippen molar-refractivity contribution in [3.63, 3.8) is 0 Å². The molecule has 33 heavy (non-hydrogen) atoms. The van der Waals surface area contributed by atoms with Gasteiger partial charge in [0.05, 0.1) is 26.4 Å². The number of benzene rings is 1. The molecule has 1 amide bonds. The maximum absolute atomic E-state index is 12.4. The highest BCUT2D eigenvalue weighted by Crippen LogP contribution is 2.07. The Kier molecular flexibility index (Phi) is 13.3. The molecule has 1 aromatic carbocycles. The highest BCUT2D eigenvalue weighted by Gasteiger charge is 2.28. The van der Waals surface area contributed by atoms with Crippen LogP contribution in [0.3, 0.4) is 0 Å². The Balaban J connectivity index is 2.32. The first-order valence-corrected chi connectivity index (χ1v) is 11.4. The zero-order valence-corrected chi connectivity index (χ0v) is 20.1. The Bertz CT molecular complexity index is 726. The van der Waals surface area contributed by atoms with Crippen molar-refractivity contribution in [3.8, 4) is 0 Å². The van der Waals surface area contributed by atoms with Crippen LogP contribution in [0.15, 0.2) is 30.3 Å². The second kappa shape index (κ2) is 15.4. The van der Waals surface area contributed by atoms with E-state index in [9.17, 15) is 14.4 Å². The lowest BCUT2D eigenvalue weighted by molar-refractivity contribution is -0.150. The Morgan fingerprint density at radius 2 is 1.45 bits per heavy atom. The van der Waals surface area contributed by atoms with Crippen molar-refractivity contribution in [3.05, 3.63) is 35.9 Å². The normalized spacial score (nSPS) is 13.9. The van der Waals surface area contributed by atoms with Crippen LogP contribution in [0, 0.1) is 11.8 Å². The molecule has 1 aromatic rings. The molecule has 186 valence electrons. The zero-order valence-electron chi connectivity index (χ0n) is 20.1. The molecule has 0 aliphatic carbocycles. The van der Waals surface area contributed by atoms with E-state index >= 15 is 0 Å². The van der Waals surface area contributed by atoms with Crippen molar-refractivity contribution in [2.45, 2.75) is 65.3 Å². The molecule has 0 heterocycles. The smallest absolute Gasteiger partial charge is 0.328 e. The highest BCUT2D eigenvalue weighted by atomic mass is 16.5. The molecule has 0 saturated carbocycles. The van der Waals surface area contributed by atoms with Crippen LogP contribution >= 0.6 is 0 Å². The summed E-state index contributed by atoms with van der Waals surface area (Å²) in [5, 5.41) is 2.65. The highest BCUT2D eigenvalue weighted by molar-refractivity contribution is 5.87. The summed E-state index contributed by atoms with van der Waals surface area (Å²) in [6, 6.07) is 7.18. The number of hydrogen-bond donors (Lipinski definition) is 3. The first-order chi connectivity index (χ1) is 15.6. The van der Waals surface area contributed by atoms with E-state index in [4.69, 9.17) is 25.7 Å². The van der Waals surface area contributed by atoms with Gasteiger partial charge in [0, 0.05) is 0 Å². The largest absolute Gasteiger partial charge is 0.465 e. The topological polar surface area (TPSA) is 143 Å². The second-order valence-corrected chi connectivity index (χ2v) is 8.65. The second-order valence-electron chi connectivity index (χ2n) is 8.65. The number of carbonyl (C=O) groups excluding carboxylic acids is 3. The lowest BCUT2D eigenvalue weighted by atomic mass is 10.0. The maximum atomic E-state index is 12.4. The number of ether oxygens (including phenoxy) is 3. The van der Waals surface area contributed by atoms with E-state index < -0.39 is 36.0 Å². The first-order valence-electron chi connectivity index (χ1n) is 11.4. The average molecular weight is 466 g/mol. The van der Waals surface area contributed by atoms with Crippen molar-refractivity contribution < 1.29 is 28.6 Å². The van der Waals surface area contributed by atoms with Crippen molar-refractivity contribution in [1.29, 1.82) is 0 Å². The predicted octanol–water partition coefficient (Wildman–Crippen LogP) is 1.52. The number of hydrogen-bond acceptors (Lipinski definition) is 8. The molecule has 0 fully saturated rings. The Hall–Kier alpha value is -2.49. The zero-order chi connectivity index (χ0) is 24.8. The molecule has 9 heteroatoms. The van der Waals surface area contributed by atoms with E-state index in [1.807, 2.05) is 44.2 Å². The summed E-state index contributed by atoms with van der Waals surface area (Å²) in [7, 11) is 0. The molecule has 5 N–H and O–H groups in total. The summed E-state index contributed by atoms with van der Waals surface area (Å²) in [6.07, 6.45) is 1.05. The third kappa shape index (κ3) is 11.3. The summed E-state index contributed by atoms with van der Waals surface area (Å²) in [6.45, 7) is 8.04. The van der Waals surface area contributed by atoms with Crippen LogP contribution in [0.4, 0.5) is 0 Å². The fourth-order valence-corrected chi connectivity index (χ4v) is 2.72. The van der Waals surface area contributed by atoms with Gasteiger partial charge in [0.2, 0.25) is 5.91 Å². The van der Waals surface area contributed by atoms with Gasteiger partial charge in [-0.15, -0.1) is 0 Å². The lowest BCUT2D eigenvalue weighted by Gasteiger charge is -2.22. The lowest BCUT2D eigenvalue weighted by Crippen LogP contribution is -2.52. The first kappa shape index (κ1) is 28.5. The van der Waals surface area contributed by atoms with Crippen LogP contribution in [-0.2, 0) is 35.2 Å². The Morgan fingerprint density at radius 1 is 0.879 bits per heavy atom. The van der Waals surface area contributed by atoms with Gasteiger partial charge < -0.3 is 31.0 Å². The molecule has 9 nitrogen and oxygen atoms in total. The Morgan fingerprint density at radius 3 is 2.00 bits per heavy atom. The number of nitrogens with one attached hydrogen (secondary N) is 1. The van der Waals surface area contributed by atoms with E-state index in [-0.39, 0.29) is 31.7 Å². The molecule has 0 saturated heterocycles. The van der Waals surface area contributed by atoms with Gasteiger partial charge in [-0.1, -0.05) is 58.0 Å². The molecule has 0 aliphatic heterocycles. The van der Waals surface area contributed by atoms with Crippen LogP contribution in [0.5, 0.6) is 0 Å². The summed E-state index contributed by atoms with van der Waals surface area (Å²) in [4.78, 5) is 36.5. The number of nitrogens with two attached hydrogens (primary N) is 2. The van der Waals surface area contributed by atoms with Gasteiger partial charge in [0.25, 0.3) is 0 Å². The minimum atomic E-state index is -0.908. The van der Waals surface area contributed by atoms with Crippen LogP contribution in [0.2, 0.25) is 0 Å². The van der Waals surface area contributed by atoms with Gasteiger partial charge >= 0.3 is 11.9 Å². The van der Waals surface area contributed by atoms with E-state index in [0.29, 0.717) is 19.4 Å². The average Bonchev–Trinajstić information content (AvgIpc) is 2.78. The van der Waals surface area contributed by atoms with E-state index in [2.05, 4.69) is 5.32 Å². The van der Waals surface area contributed by atoms with Crippen LogP contribution in [0.1, 0.15) is 46.1 Å². The molecule has 0 aromatic heterocycles. The molecule has 3 atom stereocenters. The molecule has 3 unspecified atom stereocenters. The molecule has 0 radical (unpaired) electrons. The van der Waals surface area contributed by atoms with Crippen LogP contribution in [-0.4, -0.2) is 55.8 Å². The van der Waals surface area contributed by atoms with Crippen molar-refractivity contribution >= 4 is 17.8 Å². The Labute approximate surface area is 196 Å². The predicted molar refractivity (Wildman–Crippen MR) is 125 cm³/mol. The summed E-state index contributed by atoms with van der Waals surface area (Å²) in [5.41, 5.74) is 12.6. The van der Waals surface area contributed by atoms with E-state index in [0.717, 1.165) is 5.56 Å². The van der Waals surface area contributed by atoms with Crippen molar-refractivity contribution in [2.75, 3.05) is 19.8 Å². The van der Waals surface area contributed by atoms with Gasteiger partial charge in [0.15, 0.2) is 0 Å². The summed E-state index contributed by atoms with van der Waals surface area (Å²) < 4.78 is 15.9. The summed E-state index contributed by atoms with van der Waals surface area (Å²) in [5.74, 6) is -1.63. The quantitative estimate of drug-likeness (QED) is 0.261. The molecule has 0 aliphatic rings. The van der Waals surface area contributed by atoms with Gasteiger partial charge in [-0.3, -0.25) is 9.59 Å². The third-order valence-corrected chi connectivity index (χ3v) is 4.98. The van der Waals surface area contributed by atoms with E-state index in [1.54, 1.807) is 13.8 Å². The molecule has 1 rings (SSSR count). The minimum absolute atomic E-state index is 0.00479. The number of carbonyl (C=O) groups is 3. The SMILES string of the molecule is CC(C)C(N)C(=O)OCCCCOC(=O)C(NC(=O)C(N)COCc1ccccc1)C(C)C. The molecule has 0 bridgehead atoms. The van der Waals surface area contributed by atoms with Gasteiger partial charge in [-0.05, 0) is 30.2 Å². The fourth-order valence-electron chi connectivity index (χ4n) is 2.72. The van der Waals surface area contributed by atoms with Crippen LogP contribution in [0.25, 0.3) is 0 Å². The fraction of sp³-hybridized carbons (Fsp3) is 0.625.